The van der Waals surface area contributed by atoms with Crippen LogP contribution >= 0.6 is 0 Å². The van der Waals surface area contributed by atoms with Crippen molar-refractivity contribution >= 4 is 11.0 Å². The van der Waals surface area contributed by atoms with Gasteiger partial charge in [-0.1, -0.05) is 156 Å². The van der Waals surface area contributed by atoms with E-state index in [4.69, 9.17) is 9.97 Å². The number of fused-ring (bicyclic) bond motifs is 1. The van der Waals surface area contributed by atoms with Gasteiger partial charge < -0.3 is 5.11 Å². The maximum atomic E-state index is 12.3. The van der Waals surface area contributed by atoms with E-state index in [1.807, 2.05) is 6.20 Å². The summed E-state index contributed by atoms with van der Waals surface area (Å²) in [6.45, 7) is 17.4. The highest BCUT2D eigenvalue weighted by atomic mass is 16.3. The lowest BCUT2D eigenvalue weighted by Gasteiger charge is -2.24. The fraction of sp³-hybridized carbons (Fsp3) is 0.172. The van der Waals surface area contributed by atoms with Gasteiger partial charge >= 0.3 is 0 Å². The minimum absolute atomic E-state index is 0.0680. The van der Waals surface area contributed by atoms with Crippen LogP contribution in [0.1, 0.15) is 63.8 Å². The molecule has 7 aromatic carbocycles. The minimum Gasteiger partial charge on any atom is -0.507 e. The Labute approximate surface area is 366 Å². The van der Waals surface area contributed by atoms with Crippen LogP contribution < -0.4 is 0 Å². The molecule has 0 radical (unpaired) electrons. The predicted molar refractivity (Wildman–Crippen MR) is 260 cm³/mol. The lowest BCUT2D eigenvalue weighted by molar-refractivity contribution is 0.448. The summed E-state index contributed by atoms with van der Waals surface area (Å²) in [5, 5.41) is 12.3. The minimum atomic E-state index is -0.296. The third kappa shape index (κ3) is 7.74. The van der Waals surface area contributed by atoms with E-state index in [-0.39, 0.29) is 16.6 Å². The zero-order chi connectivity index (χ0) is 43.3. The van der Waals surface area contributed by atoms with Gasteiger partial charge in [0, 0.05) is 28.5 Å². The molecule has 0 unspecified atom stereocenters. The molecule has 0 bridgehead atoms. The molecule has 306 valence electrons. The van der Waals surface area contributed by atoms with Crippen molar-refractivity contribution in [2.75, 3.05) is 0 Å². The molecule has 0 aliphatic rings. The number of rotatable bonds is 7. The smallest absolute Gasteiger partial charge is 0.149 e. The lowest BCUT2D eigenvalue weighted by atomic mass is 9.84. The number of aromatic hydroxyl groups is 1. The van der Waals surface area contributed by atoms with Crippen molar-refractivity contribution in [1.82, 2.24) is 14.5 Å². The van der Waals surface area contributed by atoms with Crippen LogP contribution in [0.3, 0.4) is 0 Å². The first kappa shape index (κ1) is 40.4. The number of hydrogen-bond donors (Lipinski definition) is 1. The third-order valence-corrected chi connectivity index (χ3v) is 12.0. The molecule has 0 aliphatic carbocycles. The topological polar surface area (TPSA) is 50.9 Å². The molecule has 0 amide bonds. The van der Waals surface area contributed by atoms with Gasteiger partial charge in [-0.25, -0.2) is 4.98 Å². The van der Waals surface area contributed by atoms with Crippen molar-refractivity contribution in [2.45, 2.75) is 66.2 Å². The maximum absolute atomic E-state index is 12.3. The summed E-state index contributed by atoms with van der Waals surface area (Å²) in [6.07, 6.45) is 1.91. The van der Waals surface area contributed by atoms with Crippen LogP contribution in [0.5, 0.6) is 5.75 Å². The Bertz CT molecular complexity index is 3090. The van der Waals surface area contributed by atoms with Crippen molar-refractivity contribution in [3.05, 3.63) is 192 Å². The van der Waals surface area contributed by atoms with E-state index in [1.165, 1.54) is 11.1 Å². The van der Waals surface area contributed by atoms with Crippen LogP contribution in [0, 0.1) is 13.8 Å². The monoisotopic (exact) mass is 807 g/mol. The number of pyridine rings is 1. The van der Waals surface area contributed by atoms with E-state index in [1.54, 1.807) is 0 Å². The molecular weight excluding hydrogens is 755 g/mol. The maximum Gasteiger partial charge on any atom is 0.149 e. The van der Waals surface area contributed by atoms with Crippen molar-refractivity contribution in [3.63, 3.8) is 0 Å². The Kier molecular flexibility index (Phi) is 10.3. The van der Waals surface area contributed by atoms with Gasteiger partial charge in [0.15, 0.2) is 0 Å². The summed E-state index contributed by atoms with van der Waals surface area (Å²) in [5.74, 6) is 0.938. The molecule has 2 aromatic heterocycles. The summed E-state index contributed by atoms with van der Waals surface area (Å²) in [4.78, 5) is 10.6. The predicted octanol–water partition coefficient (Wildman–Crippen LogP) is 15.3. The first-order valence-electron chi connectivity index (χ1n) is 21.5. The number of phenols is 1. The first-order valence-corrected chi connectivity index (χ1v) is 21.5. The van der Waals surface area contributed by atoms with E-state index in [2.05, 4.69) is 224 Å². The average Bonchev–Trinajstić information content (AvgIpc) is 3.66. The number of nitrogens with zero attached hydrogens (tertiary/aromatic N) is 3. The molecular formula is C58H53N3O. The van der Waals surface area contributed by atoms with Gasteiger partial charge in [-0.2, -0.15) is 0 Å². The van der Waals surface area contributed by atoms with E-state index in [0.29, 0.717) is 11.4 Å². The second-order valence-corrected chi connectivity index (χ2v) is 18.7. The number of benzene rings is 7. The fourth-order valence-electron chi connectivity index (χ4n) is 8.57. The molecule has 2 heterocycles. The van der Waals surface area contributed by atoms with Crippen molar-refractivity contribution in [2.24, 2.45) is 0 Å². The molecule has 0 saturated heterocycles. The van der Waals surface area contributed by atoms with Gasteiger partial charge in [0.05, 0.1) is 28.0 Å². The van der Waals surface area contributed by atoms with Crippen LogP contribution in [-0.4, -0.2) is 19.6 Å². The molecule has 4 heteroatoms. The highest BCUT2D eigenvalue weighted by Gasteiger charge is 2.27. The summed E-state index contributed by atoms with van der Waals surface area (Å²) in [5.41, 5.74) is 18.2. The van der Waals surface area contributed by atoms with E-state index >= 15 is 0 Å². The number of phenolic OH excluding ortho intramolecular Hbond substituents is 1. The summed E-state index contributed by atoms with van der Waals surface area (Å²) in [6, 6.07) is 58.3. The molecule has 0 spiro atoms. The standard InChI is InChI=1S/C58H53N3O/c1-37-22-24-40(25-23-37)42-28-29-59-51(35-42)45-33-43(39-16-11-9-12-17-39)32-44(34-45)47-20-15-21-53-54(47)60-56(49-30-38(2)31-50(55(49)62)58(6,7)8)61(53)52-27-26-46(57(3,4)5)36-48(52)41-18-13-10-14-19-41/h9-36,62H,1-8H3. The summed E-state index contributed by atoms with van der Waals surface area (Å²) >= 11 is 0. The highest BCUT2D eigenvalue weighted by molar-refractivity contribution is 5.98. The van der Waals surface area contributed by atoms with Gasteiger partial charge in [-0.3, -0.25) is 9.55 Å². The zero-order valence-corrected chi connectivity index (χ0v) is 37.0. The lowest BCUT2D eigenvalue weighted by Crippen LogP contribution is -2.13. The van der Waals surface area contributed by atoms with Crippen LogP contribution in [0.25, 0.3) is 83.9 Å². The molecule has 0 atom stereocenters. The van der Waals surface area contributed by atoms with Crippen LogP contribution in [0.15, 0.2) is 170 Å². The Hall–Kier alpha value is -7.04. The quantitative estimate of drug-likeness (QED) is 0.174. The zero-order valence-electron chi connectivity index (χ0n) is 37.0. The normalized spacial score (nSPS) is 11.9. The third-order valence-electron chi connectivity index (χ3n) is 12.0. The Morgan fingerprint density at radius 3 is 1.82 bits per heavy atom. The van der Waals surface area contributed by atoms with Crippen molar-refractivity contribution in [3.8, 4) is 78.6 Å². The number of imidazole rings is 1. The van der Waals surface area contributed by atoms with Crippen LogP contribution in [0.2, 0.25) is 0 Å². The van der Waals surface area contributed by atoms with Crippen LogP contribution in [-0.2, 0) is 10.8 Å². The molecule has 0 saturated carbocycles. The van der Waals surface area contributed by atoms with E-state index in [9.17, 15) is 5.11 Å². The second-order valence-electron chi connectivity index (χ2n) is 18.7. The van der Waals surface area contributed by atoms with Crippen LogP contribution in [0.4, 0.5) is 0 Å². The number of aryl methyl sites for hydroxylation is 2. The molecule has 9 aromatic rings. The van der Waals surface area contributed by atoms with E-state index < -0.39 is 0 Å². The van der Waals surface area contributed by atoms with Crippen molar-refractivity contribution < 1.29 is 5.11 Å². The number of aromatic nitrogens is 3. The number of hydrogen-bond acceptors (Lipinski definition) is 3. The summed E-state index contributed by atoms with van der Waals surface area (Å²) in [7, 11) is 0. The molecule has 4 nitrogen and oxygen atoms in total. The van der Waals surface area contributed by atoms with Gasteiger partial charge in [0.1, 0.15) is 11.6 Å². The van der Waals surface area contributed by atoms with Crippen molar-refractivity contribution in [1.29, 1.82) is 0 Å². The SMILES string of the molecule is Cc1ccc(-c2ccnc(-c3cc(-c4ccccc4)cc(-c4cccc5c4nc(-c4cc(C)cc(C(C)(C)C)c4O)n5-c4ccc(C(C)(C)C)cc4-c4ccccc4)c3)c2)cc1. The molecule has 0 fully saturated rings. The second kappa shape index (κ2) is 15.8. The Morgan fingerprint density at radius 2 is 1.13 bits per heavy atom. The molecule has 62 heavy (non-hydrogen) atoms. The van der Waals surface area contributed by atoms with Gasteiger partial charge in [-0.05, 0) is 124 Å². The molecule has 9 rings (SSSR count). The first-order chi connectivity index (χ1) is 29.7. The highest BCUT2D eigenvalue weighted by Crippen LogP contribution is 2.45. The summed E-state index contributed by atoms with van der Waals surface area (Å²) < 4.78 is 2.27. The van der Waals surface area contributed by atoms with Gasteiger partial charge in [0.25, 0.3) is 0 Å². The largest absolute Gasteiger partial charge is 0.507 e. The molecule has 0 aliphatic heterocycles. The van der Waals surface area contributed by atoms with Gasteiger partial charge in [-0.15, -0.1) is 0 Å². The molecule has 1 N–H and O–H groups in total. The Morgan fingerprint density at radius 1 is 0.468 bits per heavy atom. The number of para-hydroxylation sites is 1. The van der Waals surface area contributed by atoms with E-state index in [0.717, 1.165) is 83.6 Å². The fourth-order valence-corrected chi connectivity index (χ4v) is 8.57. The average molecular weight is 808 g/mol. The Balaban J connectivity index is 1.34. The van der Waals surface area contributed by atoms with Gasteiger partial charge in [0.2, 0.25) is 0 Å².